The van der Waals surface area contributed by atoms with Gasteiger partial charge < -0.3 is 15.3 Å². The van der Waals surface area contributed by atoms with Crippen LogP contribution in [0.3, 0.4) is 0 Å². The molecule has 3 aromatic rings. The highest BCUT2D eigenvalue weighted by Crippen LogP contribution is 2.28. The molecule has 0 saturated carbocycles. The van der Waals surface area contributed by atoms with Gasteiger partial charge in [-0.3, -0.25) is 4.79 Å². The molecule has 0 aliphatic rings. The summed E-state index contributed by atoms with van der Waals surface area (Å²) in [4.78, 5) is 13.3. The average Bonchev–Trinajstić information content (AvgIpc) is 2.72. The van der Waals surface area contributed by atoms with Crippen LogP contribution in [0.15, 0.2) is 66.7 Å². The van der Waals surface area contributed by atoms with Crippen LogP contribution in [0.4, 0.5) is 0 Å². The van der Waals surface area contributed by atoms with E-state index < -0.39 is 0 Å². The predicted molar refractivity (Wildman–Crippen MR) is 99.5 cm³/mol. The normalized spacial score (nSPS) is 10.7. The summed E-state index contributed by atoms with van der Waals surface area (Å²) in [6, 6.07) is 20.1. The van der Waals surface area contributed by atoms with Crippen molar-refractivity contribution >= 4 is 5.78 Å². The summed E-state index contributed by atoms with van der Waals surface area (Å²) >= 11 is 0. The molecule has 0 aliphatic heterocycles. The van der Waals surface area contributed by atoms with Crippen LogP contribution in [-0.2, 0) is 19.8 Å². The minimum atomic E-state index is -0.352. The van der Waals surface area contributed by atoms with Crippen molar-refractivity contribution in [1.82, 2.24) is 0 Å². The lowest BCUT2D eigenvalue weighted by atomic mass is 9.88. The molecule has 0 unspecified atom stereocenters. The summed E-state index contributed by atoms with van der Waals surface area (Å²) in [6.45, 7) is -0.931. The summed E-state index contributed by atoms with van der Waals surface area (Å²) < 4.78 is 0. The Morgan fingerprint density at radius 3 is 1.88 bits per heavy atom. The van der Waals surface area contributed by atoms with Crippen molar-refractivity contribution in [3.05, 3.63) is 94.5 Å². The van der Waals surface area contributed by atoms with Gasteiger partial charge in [0.25, 0.3) is 0 Å². The van der Waals surface area contributed by atoms with Gasteiger partial charge in [0.1, 0.15) is 0 Å². The fourth-order valence-corrected chi connectivity index (χ4v) is 3.16. The van der Waals surface area contributed by atoms with Crippen LogP contribution in [-0.4, -0.2) is 21.1 Å². The molecule has 3 N–H and O–H groups in total. The molecule has 3 aromatic carbocycles. The van der Waals surface area contributed by atoms with E-state index in [2.05, 4.69) is 0 Å². The van der Waals surface area contributed by atoms with Gasteiger partial charge in [-0.2, -0.15) is 0 Å². The minimum absolute atomic E-state index is 0.227. The van der Waals surface area contributed by atoms with E-state index in [0.717, 1.165) is 11.1 Å². The van der Waals surface area contributed by atoms with E-state index in [9.17, 15) is 20.1 Å². The topological polar surface area (TPSA) is 77.8 Å². The Hall–Kier alpha value is -2.79. The number of benzene rings is 3. The molecule has 132 valence electrons. The standard InChI is InChI=1S/C22H20O4/c23-12-15-10-17(13-24)21(18(11-15)14-25)22(26)20-9-5-4-8-19(20)16-6-2-1-3-7-16/h1-11,23-25H,12-14H2. The zero-order valence-electron chi connectivity index (χ0n) is 14.2. The zero-order valence-corrected chi connectivity index (χ0v) is 14.2. The Balaban J connectivity index is 2.18. The number of hydrogen-bond donors (Lipinski definition) is 3. The number of hydrogen-bond acceptors (Lipinski definition) is 4. The van der Waals surface area contributed by atoms with E-state index in [1.54, 1.807) is 24.3 Å². The third kappa shape index (κ3) is 3.44. The van der Waals surface area contributed by atoms with Gasteiger partial charge in [0.2, 0.25) is 0 Å². The van der Waals surface area contributed by atoms with E-state index >= 15 is 0 Å². The van der Waals surface area contributed by atoms with Crippen molar-refractivity contribution in [1.29, 1.82) is 0 Å². The Bertz CT molecular complexity index is 891. The Labute approximate surface area is 152 Å². The SMILES string of the molecule is O=C(c1ccccc1-c1ccccc1)c1c(CO)cc(CO)cc1CO. The molecule has 3 rings (SSSR count). The van der Waals surface area contributed by atoms with Crippen LogP contribution in [0, 0.1) is 0 Å². The van der Waals surface area contributed by atoms with E-state index in [0.29, 0.717) is 22.3 Å². The maximum atomic E-state index is 13.3. The Kier molecular flexibility index (Phi) is 5.58. The number of carbonyl (C=O) groups excluding carboxylic acids is 1. The smallest absolute Gasteiger partial charge is 0.194 e. The summed E-state index contributed by atoms with van der Waals surface area (Å²) in [6.07, 6.45) is 0. The van der Waals surface area contributed by atoms with Crippen molar-refractivity contribution in [2.75, 3.05) is 0 Å². The van der Waals surface area contributed by atoms with Gasteiger partial charge in [-0.15, -0.1) is 0 Å². The molecule has 0 bridgehead atoms. The van der Waals surface area contributed by atoms with Crippen LogP contribution in [0.25, 0.3) is 11.1 Å². The van der Waals surface area contributed by atoms with Gasteiger partial charge in [0.05, 0.1) is 19.8 Å². The summed E-state index contributed by atoms with van der Waals surface area (Å²) in [5, 5.41) is 28.8. The molecule has 0 heterocycles. The largest absolute Gasteiger partial charge is 0.392 e. The first-order valence-corrected chi connectivity index (χ1v) is 8.36. The first kappa shape index (κ1) is 18.0. The predicted octanol–water partition coefficient (Wildman–Crippen LogP) is 3.06. The third-order valence-corrected chi connectivity index (χ3v) is 4.37. The minimum Gasteiger partial charge on any atom is -0.392 e. The van der Waals surface area contributed by atoms with E-state index in [4.69, 9.17) is 0 Å². The van der Waals surface area contributed by atoms with Crippen molar-refractivity contribution in [3.63, 3.8) is 0 Å². The molecule has 0 saturated heterocycles. The molecule has 26 heavy (non-hydrogen) atoms. The number of rotatable bonds is 6. The zero-order chi connectivity index (χ0) is 18.5. The molecular weight excluding hydrogens is 328 g/mol. The second kappa shape index (κ2) is 8.06. The summed E-state index contributed by atoms with van der Waals surface area (Å²) in [5.41, 5.74) is 3.83. The summed E-state index contributed by atoms with van der Waals surface area (Å²) in [7, 11) is 0. The Morgan fingerprint density at radius 1 is 0.731 bits per heavy atom. The van der Waals surface area contributed by atoms with Crippen molar-refractivity contribution in [3.8, 4) is 11.1 Å². The number of aliphatic hydroxyl groups excluding tert-OH is 3. The molecule has 0 radical (unpaired) electrons. The van der Waals surface area contributed by atoms with Crippen LogP contribution in [0.1, 0.15) is 32.6 Å². The first-order chi connectivity index (χ1) is 12.7. The monoisotopic (exact) mass is 348 g/mol. The number of aliphatic hydroxyl groups is 3. The third-order valence-electron chi connectivity index (χ3n) is 4.37. The molecular formula is C22H20O4. The highest BCUT2D eigenvalue weighted by Gasteiger charge is 2.21. The molecule has 0 atom stereocenters. The van der Waals surface area contributed by atoms with Crippen LogP contribution < -0.4 is 0 Å². The second-order valence-corrected chi connectivity index (χ2v) is 6.00. The highest BCUT2D eigenvalue weighted by atomic mass is 16.3. The van der Waals surface area contributed by atoms with E-state index in [-0.39, 0.29) is 31.2 Å². The molecule has 0 amide bonds. The van der Waals surface area contributed by atoms with Crippen molar-refractivity contribution in [2.24, 2.45) is 0 Å². The molecule has 4 nitrogen and oxygen atoms in total. The summed E-state index contributed by atoms with van der Waals surface area (Å²) in [5.74, 6) is -0.262. The molecule has 0 aromatic heterocycles. The molecule has 0 aliphatic carbocycles. The van der Waals surface area contributed by atoms with E-state index in [1.807, 2.05) is 42.5 Å². The lowest BCUT2D eigenvalue weighted by molar-refractivity contribution is 0.103. The van der Waals surface area contributed by atoms with Gasteiger partial charge in [-0.25, -0.2) is 0 Å². The second-order valence-electron chi connectivity index (χ2n) is 6.00. The number of ketones is 1. The maximum absolute atomic E-state index is 13.3. The van der Waals surface area contributed by atoms with E-state index in [1.165, 1.54) is 0 Å². The van der Waals surface area contributed by atoms with Gasteiger partial charge in [0, 0.05) is 11.1 Å². The average molecular weight is 348 g/mol. The quantitative estimate of drug-likeness (QED) is 0.598. The van der Waals surface area contributed by atoms with Crippen LogP contribution >= 0.6 is 0 Å². The fraction of sp³-hybridized carbons (Fsp3) is 0.136. The van der Waals surface area contributed by atoms with Crippen molar-refractivity contribution in [2.45, 2.75) is 19.8 Å². The van der Waals surface area contributed by atoms with Crippen LogP contribution in [0.2, 0.25) is 0 Å². The molecule has 0 fully saturated rings. The number of carbonyl (C=O) groups is 1. The lowest BCUT2D eigenvalue weighted by Gasteiger charge is -2.16. The van der Waals surface area contributed by atoms with Crippen molar-refractivity contribution < 1.29 is 20.1 Å². The first-order valence-electron chi connectivity index (χ1n) is 8.36. The van der Waals surface area contributed by atoms with Gasteiger partial charge >= 0.3 is 0 Å². The lowest BCUT2D eigenvalue weighted by Crippen LogP contribution is -2.12. The van der Waals surface area contributed by atoms with Gasteiger partial charge in [-0.05, 0) is 27.8 Å². The fourth-order valence-electron chi connectivity index (χ4n) is 3.16. The van der Waals surface area contributed by atoms with Gasteiger partial charge in [0.15, 0.2) is 5.78 Å². The molecule has 0 spiro atoms. The highest BCUT2D eigenvalue weighted by molar-refractivity contribution is 6.14. The van der Waals surface area contributed by atoms with Gasteiger partial charge in [-0.1, -0.05) is 66.7 Å². The van der Waals surface area contributed by atoms with Crippen LogP contribution in [0.5, 0.6) is 0 Å². The Morgan fingerprint density at radius 2 is 1.31 bits per heavy atom. The molecule has 4 heteroatoms. The maximum Gasteiger partial charge on any atom is 0.194 e.